The molecular weight excluding hydrogens is 260 g/mol. The monoisotopic (exact) mass is 288 g/mol. The minimum absolute atomic E-state index is 0.126. The highest BCUT2D eigenvalue weighted by Crippen LogP contribution is 2.18. The van der Waals surface area contributed by atoms with Crippen LogP contribution in [0.1, 0.15) is 55.8 Å². The molecule has 3 nitrogen and oxygen atoms in total. The molecule has 0 aromatic heterocycles. The van der Waals surface area contributed by atoms with Gasteiger partial charge in [0.15, 0.2) is 0 Å². The number of carbonyl (C=O) groups is 1. The molecule has 2 atom stereocenters. The Morgan fingerprint density at radius 2 is 1.62 bits per heavy atom. The third-order valence-electron chi connectivity index (χ3n) is 4.28. The van der Waals surface area contributed by atoms with E-state index in [-0.39, 0.29) is 18.0 Å². The molecule has 0 radical (unpaired) electrons. The summed E-state index contributed by atoms with van der Waals surface area (Å²) in [6, 6.07) is 6.63. The predicted octanol–water partition coefficient (Wildman–Crippen LogP) is 3.36. The third-order valence-corrected chi connectivity index (χ3v) is 4.28. The van der Waals surface area contributed by atoms with Gasteiger partial charge in [-0.1, -0.05) is 29.3 Å². The summed E-state index contributed by atoms with van der Waals surface area (Å²) in [5.74, 6) is 0.242. The lowest BCUT2D eigenvalue weighted by atomic mass is 10.0. The molecule has 0 spiro atoms. The average molecular weight is 288 g/mol. The highest BCUT2D eigenvalue weighted by molar-refractivity contribution is 5.81. The van der Waals surface area contributed by atoms with Crippen molar-refractivity contribution in [2.45, 2.75) is 59.0 Å². The summed E-state index contributed by atoms with van der Waals surface area (Å²) < 4.78 is 0. The Morgan fingerprint density at radius 1 is 1.05 bits per heavy atom. The Labute approximate surface area is 128 Å². The Kier molecular flexibility index (Phi) is 5.40. The second-order valence-corrected chi connectivity index (χ2v) is 6.42. The lowest BCUT2D eigenvalue weighted by molar-refractivity contribution is -0.134. The summed E-state index contributed by atoms with van der Waals surface area (Å²) in [6.07, 6.45) is 3.54. The van der Waals surface area contributed by atoms with Crippen molar-refractivity contribution in [1.29, 1.82) is 0 Å². The van der Waals surface area contributed by atoms with Gasteiger partial charge in [0.1, 0.15) is 0 Å². The summed E-state index contributed by atoms with van der Waals surface area (Å²) in [5, 5.41) is 3.46. The minimum Gasteiger partial charge on any atom is -0.341 e. The van der Waals surface area contributed by atoms with Gasteiger partial charge in [0, 0.05) is 19.1 Å². The van der Waals surface area contributed by atoms with Crippen LogP contribution in [0.5, 0.6) is 0 Å². The molecule has 0 aliphatic carbocycles. The van der Waals surface area contributed by atoms with Crippen molar-refractivity contribution < 1.29 is 4.79 Å². The molecule has 0 bridgehead atoms. The van der Waals surface area contributed by atoms with Gasteiger partial charge < -0.3 is 4.90 Å². The normalized spacial score (nSPS) is 18.4. The Balaban J connectivity index is 1.97. The molecule has 1 aliphatic rings. The van der Waals surface area contributed by atoms with Crippen molar-refractivity contribution in [2.75, 3.05) is 13.1 Å². The van der Waals surface area contributed by atoms with E-state index in [0.717, 1.165) is 25.9 Å². The van der Waals surface area contributed by atoms with Gasteiger partial charge in [-0.2, -0.15) is 0 Å². The minimum atomic E-state index is -0.126. The number of piperidine rings is 1. The topological polar surface area (TPSA) is 32.3 Å². The maximum atomic E-state index is 12.5. The number of nitrogens with zero attached hydrogens (tertiary/aromatic N) is 1. The fraction of sp³-hybridized carbons (Fsp3) is 0.611. The number of hydrogen-bond donors (Lipinski definition) is 1. The van der Waals surface area contributed by atoms with Gasteiger partial charge >= 0.3 is 0 Å². The van der Waals surface area contributed by atoms with Crippen LogP contribution >= 0.6 is 0 Å². The van der Waals surface area contributed by atoms with Crippen LogP contribution in [0.15, 0.2) is 18.2 Å². The van der Waals surface area contributed by atoms with Crippen LogP contribution in [0.3, 0.4) is 0 Å². The first kappa shape index (κ1) is 16.0. The lowest BCUT2D eigenvalue weighted by Crippen LogP contribution is -2.47. The molecule has 21 heavy (non-hydrogen) atoms. The smallest absolute Gasteiger partial charge is 0.239 e. The molecule has 2 rings (SSSR count). The van der Waals surface area contributed by atoms with Crippen molar-refractivity contribution >= 4 is 5.91 Å². The third kappa shape index (κ3) is 4.31. The van der Waals surface area contributed by atoms with Crippen molar-refractivity contribution in [3.63, 3.8) is 0 Å². The number of likely N-dealkylation sites (tertiary alicyclic amines) is 1. The number of aryl methyl sites for hydroxylation is 2. The van der Waals surface area contributed by atoms with Gasteiger partial charge in [0.05, 0.1) is 6.04 Å². The quantitative estimate of drug-likeness (QED) is 0.921. The van der Waals surface area contributed by atoms with E-state index in [2.05, 4.69) is 44.3 Å². The van der Waals surface area contributed by atoms with Crippen LogP contribution in [-0.4, -0.2) is 29.9 Å². The van der Waals surface area contributed by atoms with E-state index >= 15 is 0 Å². The zero-order valence-corrected chi connectivity index (χ0v) is 13.8. The Bertz CT molecular complexity index is 472. The molecular formula is C18H28N2O. The molecule has 3 heteroatoms. The molecule has 0 saturated carbocycles. The second kappa shape index (κ2) is 7.08. The number of nitrogens with one attached hydrogen (secondary N) is 1. The van der Waals surface area contributed by atoms with Crippen LogP contribution in [0.25, 0.3) is 0 Å². The van der Waals surface area contributed by atoms with Crippen LogP contribution in [0, 0.1) is 13.8 Å². The lowest BCUT2D eigenvalue weighted by Gasteiger charge is -2.30. The molecule has 1 aromatic carbocycles. The van der Waals surface area contributed by atoms with E-state index in [1.807, 2.05) is 11.8 Å². The maximum Gasteiger partial charge on any atom is 0.239 e. The largest absolute Gasteiger partial charge is 0.341 e. The second-order valence-electron chi connectivity index (χ2n) is 6.42. The summed E-state index contributed by atoms with van der Waals surface area (Å²) >= 11 is 0. The van der Waals surface area contributed by atoms with Crippen LogP contribution < -0.4 is 5.32 Å². The van der Waals surface area contributed by atoms with Gasteiger partial charge in [0.2, 0.25) is 5.91 Å². The fourth-order valence-electron chi connectivity index (χ4n) is 3.19. The van der Waals surface area contributed by atoms with E-state index in [4.69, 9.17) is 0 Å². The summed E-state index contributed by atoms with van der Waals surface area (Å²) in [6.45, 7) is 10.2. The molecule has 116 valence electrons. The average Bonchev–Trinajstić information content (AvgIpc) is 2.46. The molecule has 1 saturated heterocycles. The molecule has 1 fully saturated rings. The highest BCUT2D eigenvalue weighted by atomic mass is 16.2. The van der Waals surface area contributed by atoms with Crippen molar-refractivity contribution in [3.05, 3.63) is 34.9 Å². The predicted molar refractivity (Wildman–Crippen MR) is 87.4 cm³/mol. The van der Waals surface area contributed by atoms with E-state index in [1.165, 1.54) is 23.1 Å². The Morgan fingerprint density at radius 3 is 2.19 bits per heavy atom. The standard InChI is InChI=1S/C18H28N2O/c1-13-10-14(2)12-17(11-13)15(3)19-16(4)18(21)20-8-6-5-7-9-20/h10-12,15-16,19H,5-9H2,1-4H3. The maximum absolute atomic E-state index is 12.5. The van der Waals surface area contributed by atoms with Crippen molar-refractivity contribution in [2.24, 2.45) is 0 Å². The van der Waals surface area contributed by atoms with Gasteiger partial charge in [-0.05, 0) is 52.5 Å². The van der Waals surface area contributed by atoms with Crippen molar-refractivity contribution in [3.8, 4) is 0 Å². The molecule has 2 unspecified atom stereocenters. The molecule has 1 aliphatic heterocycles. The number of rotatable bonds is 4. The first-order valence-electron chi connectivity index (χ1n) is 8.10. The van der Waals surface area contributed by atoms with Crippen LogP contribution in [-0.2, 0) is 4.79 Å². The highest BCUT2D eigenvalue weighted by Gasteiger charge is 2.23. The molecule has 1 amide bonds. The SMILES string of the molecule is Cc1cc(C)cc(C(C)NC(C)C(=O)N2CCCCC2)c1. The van der Waals surface area contributed by atoms with E-state index in [9.17, 15) is 4.79 Å². The fourth-order valence-corrected chi connectivity index (χ4v) is 3.19. The van der Waals surface area contributed by atoms with Crippen molar-refractivity contribution in [1.82, 2.24) is 10.2 Å². The van der Waals surface area contributed by atoms with Gasteiger partial charge in [-0.25, -0.2) is 0 Å². The van der Waals surface area contributed by atoms with Gasteiger partial charge in [-0.3, -0.25) is 10.1 Å². The number of carbonyl (C=O) groups excluding carboxylic acids is 1. The zero-order chi connectivity index (χ0) is 15.4. The van der Waals surface area contributed by atoms with E-state index < -0.39 is 0 Å². The van der Waals surface area contributed by atoms with E-state index in [1.54, 1.807) is 0 Å². The summed E-state index contributed by atoms with van der Waals surface area (Å²) in [5.41, 5.74) is 3.80. The molecule has 1 N–H and O–H groups in total. The first-order chi connectivity index (χ1) is 9.97. The zero-order valence-electron chi connectivity index (χ0n) is 13.8. The number of amides is 1. The molecule has 1 aromatic rings. The first-order valence-corrected chi connectivity index (χ1v) is 8.10. The van der Waals surface area contributed by atoms with Gasteiger partial charge in [-0.15, -0.1) is 0 Å². The number of hydrogen-bond acceptors (Lipinski definition) is 2. The van der Waals surface area contributed by atoms with Crippen LogP contribution in [0.2, 0.25) is 0 Å². The molecule has 1 heterocycles. The van der Waals surface area contributed by atoms with Crippen LogP contribution in [0.4, 0.5) is 0 Å². The summed E-state index contributed by atoms with van der Waals surface area (Å²) in [7, 11) is 0. The summed E-state index contributed by atoms with van der Waals surface area (Å²) in [4.78, 5) is 14.5. The van der Waals surface area contributed by atoms with Gasteiger partial charge in [0.25, 0.3) is 0 Å². The Hall–Kier alpha value is -1.35. The number of benzene rings is 1. The van der Waals surface area contributed by atoms with E-state index in [0.29, 0.717) is 0 Å².